The molecule has 0 heterocycles. The fraction of sp³-hybridized carbons (Fsp3) is 0.278. The monoisotopic (exact) mass is 268 g/mol. The summed E-state index contributed by atoms with van der Waals surface area (Å²) >= 11 is 0. The zero-order chi connectivity index (χ0) is 14.4. The molecule has 0 aliphatic rings. The van der Waals surface area contributed by atoms with Crippen LogP contribution in [0.4, 0.5) is 0 Å². The molecule has 0 saturated carbocycles. The molecule has 0 aliphatic heterocycles. The van der Waals surface area contributed by atoms with Crippen molar-refractivity contribution in [2.24, 2.45) is 0 Å². The van der Waals surface area contributed by atoms with Gasteiger partial charge in [0.15, 0.2) is 5.78 Å². The summed E-state index contributed by atoms with van der Waals surface area (Å²) in [6.45, 7) is 4.54. The molecule has 104 valence electrons. The van der Waals surface area contributed by atoms with Crippen molar-refractivity contribution in [1.82, 2.24) is 0 Å². The maximum atomic E-state index is 11.8. The van der Waals surface area contributed by atoms with Crippen LogP contribution in [-0.4, -0.2) is 5.78 Å². The van der Waals surface area contributed by atoms with Crippen molar-refractivity contribution in [2.45, 2.75) is 33.3 Å². The van der Waals surface area contributed by atoms with Crippen molar-refractivity contribution in [1.29, 1.82) is 0 Å². The highest BCUT2D eigenvalue weighted by Gasteiger charge is 2.07. The number of ketones is 1. The van der Waals surface area contributed by atoms with Gasteiger partial charge in [0.2, 0.25) is 0 Å². The first-order valence-electron chi connectivity index (χ1n) is 7.01. The molecule has 0 saturated heterocycles. The van der Waals surface area contributed by atoms with Gasteiger partial charge in [-0.15, -0.1) is 0 Å². The van der Waals surface area contributed by atoms with E-state index >= 15 is 0 Å². The Bertz CT molecular complexity index is 573. The Morgan fingerprint density at radius 1 is 1.10 bits per heavy atom. The summed E-state index contributed by atoms with van der Waals surface area (Å²) in [6.07, 6.45) is 1.48. The highest BCUT2D eigenvalue weighted by molar-refractivity contribution is 5.96. The van der Waals surface area contributed by atoms with Gasteiger partial charge in [0.25, 0.3) is 0 Å². The van der Waals surface area contributed by atoms with E-state index in [1.165, 1.54) is 0 Å². The number of aryl methyl sites for hydroxylation is 1. The van der Waals surface area contributed by atoms with Crippen LogP contribution in [-0.2, 0) is 6.61 Å². The third kappa shape index (κ3) is 3.70. The summed E-state index contributed by atoms with van der Waals surface area (Å²) in [4.78, 5) is 11.8. The van der Waals surface area contributed by atoms with Crippen LogP contribution in [0.5, 0.6) is 5.75 Å². The second-order valence-electron chi connectivity index (χ2n) is 4.93. The third-order valence-electron chi connectivity index (χ3n) is 3.21. The molecule has 0 amide bonds. The minimum Gasteiger partial charge on any atom is -0.489 e. The van der Waals surface area contributed by atoms with E-state index in [4.69, 9.17) is 4.74 Å². The molecule has 0 radical (unpaired) electrons. The summed E-state index contributed by atoms with van der Waals surface area (Å²) in [5.74, 6) is 1.03. The Balaban J connectivity index is 2.04. The predicted molar refractivity (Wildman–Crippen MR) is 81.2 cm³/mol. The van der Waals surface area contributed by atoms with E-state index < -0.39 is 0 Å². The fourth-order valence-electron chi connectivity index (χ4n) is 2.09. The van der Waals surface area contributed by atoms with Crippen LogP contribution < -0.4 is 4.74 Å². The highest BCUT2D eigenvalue weighted by atomic mass is 16.5. The number of rotatable bonds is 6. The van der Waals surface area contributed by atoms with E-state index in [1.54, 1.807) is 0 Å². The molecule has 0 atom stereocenters. The van der Waals surface area contributed by atoms with Crippen molar-refractivity contribution in [3.8, 4) is 5.75 Å². The van der Waals surface area contributed by atoms with E-state index in [2.05, 4.69) is 0 Å². The van der Waals surface area contributed by atoms with Gasteiger partial charge in [0.1, 0.15) is 12.4 Å². The Labute approximate surface area is 120 Å². The smallest absolute Gasteiger partial charge is 0.162 e. The van der Waals surface area contributed by atoms with Gasteiger partial charge in [0, 0.05) is 12.0 Å². The molecular weight excluding hydrogens is 248 g/mol. The van der Waals surface area contributed by atoms with E-state index in [-0.39, 0.29) is 5.78 Å². The number of benzene rings is 2. The Kier molecular flexibility index (Phi) is 4.94. The average molecular weight is 268 g/mol. The van der Waals surface area contributed by atoms with Gasteiger partial charge >= 0.3 is 0 Å². The first-order chi connectivity index (χ1) is 9.70. The zero-order valence-corrected chi connectivity index (χ0v) is 12.1. The Morgan fingerprint density at radius 2 is 1.85 bits per heavy atom. The molecule has 0 fully saturated rings. The molecule has 20 heavy (non-hydrogen) atoms. The zero-order valence-electron chi connectivity index (χ0n) is 12.1. The summed E-state index contributed by atoms with van der Waals surface area (Å²) < 4.78 is 5.81. The molecule has 2 heteroatoms. The number of carbonyl (C=O) groups excluding carboxylic acids is 1. The highest BCUT2D eigenvalue weighted by Crippen LogP contribution is 2.21. The Hall–Kier alpha value is -2.09. The van der Waals surface area contributed by atoms with Gasteiger partial charge < -0.3 is 4.74 Å². The third-order valence-corrected chi connectivity index (χ3v) is 3.21. The minimum atomic E-state index is 0.199. The molecule has 2 rings (SSSR count). The van der Waals surface area contributed by atoms with Crippen molar-refractivity contribution >= 4 is 5.78 Å². The van der Waals surface area contributed by atoms with Crippen LogP contribution in [0.2, 0.25) is 0 Å². The minimum absolute atomic E-state index is 0.199. The SMILES string of the molecule is CCCC(=O)c1ccc(OCc2ccccc2)c(C)c1. The number of hydrogen-bond donors (Lipinski definition) is 0. The largest absolute Gasteiger partial charge is 0.489 e. The molecular formula is C18H20O2. The molecule has 0 aliphatic carbocycles. The van der Waals surface area contributed by atoms with Crippen LogP contribution in [0.3, 0.4) is 0 Å². The summed E-state index contributed by atoms with van der Waals surface area (Å²) in [5, 5.41) is 0. The molecule has 2 aromatic rings. The maximum Gasteiger partial charge on any atom is 0.162 e. The summed E-state index contributed by atoms with van der Waals surface area (Å²) in [6, 6.07) is 15.7. The van der Waals surface area contributed by atoms with Gasteiger partial charge in [0.05, 0.1) is 0 Å². The fourth-order valence-corrected chi connectivity index (χ4v) is 2.09. The van der Waals surface area contributed by atoms with Crippen LogP contribution in [0.25, 0.3) is 0 Å². The number of hydrogen-bond acceptors (Lipinski definition) is 2. The van der Waals surface area contributed by atoms with Crippen LogP contribution in [0.1, 0.15) is 41.3 Å². The van der Waals surface area contributed by atoms with Crippen LogP contribution in [0.15, 0.2) is 48.5 Å². The number of Topliss-reactive ketones (excluding diaryl/α,β-unsaturated/α-hetero) is 1. The molecule has 0 spiro atoms. The maximum absolute atomic E-state index is 11.8. The molecule has 2 nitrogen and oxygen atoms in total. The molecule has 0 bridgehead atoms. The quantitative estimate of drug-likeness (QED) is 0.718. The Morgan fingerprint density at radius 3 is 2.50 bits per heavy atom. The van der Waals surface area contributed by atoms with Crippen molar-refractivity contribution in [3.05, 3.63) is 65.2 Å². The van der Waals surface area contributed by atoms with Crippen molar-refractivity contribution < 1.29 is 9.53 Å². The van der Waals surface area contributed by atoms with E-state index in [9.17, 15) is 4.79 Å². The van der Waals surface area contributed by atoms with Gasteiger partial charge in [-0.3, -0.25) is 4.79 Å². The molecule has 0 unspecified atom stereocenters. The first kappa shape index (κ1) is 14.3. The second kappa shape index (κ2) is 6.90. The predicted octanol–water partition coefficient (Wildman–Crippen LogP) is 4.56. The van der Waals surface area contributed by atoms with E-state index in [0.29, 0.717) is 13.0 Å². The molecule has 2 aromatic carbocycles. The lowest BCUT2D eigenvalue weighted by Crippen LogP contribution is -2.01. The number of ether oxygens (including phenoxy) is 1. The van der Waals surface area contributed by atoms with E-state index in [0.717, 1.165) is 28.9 Å². The molecule has 0 N–H and O–H groups in total. The van der Waals surface area contributed by atoms with Crippen molar-refractivity contribution in [2.75, 3.05) is 0 Å². The number of carbonyl (C=O) groups is 1. The second-order valence-corrected chi connectivity index (χ2v) is 4.93. The topological polar surface area (TPSA) is 26.3 Å². The van der Waals surface area contributed by atoms with E-state index in [1.807, 2.05) is 62.4 Å². The normalized spacial score (nSPS) is 10.3. The lowest BCUT2D eigenvalue weighted by Gasteiger charge is -2.10. The van der Waals surface area contributed by atoms with Gasteiger partial charge in [-0.05, 0) is 42.7 Å². The summed E-state index contributed by atoms with van der Waals surface area (Å²) in [7, 11) is 0. The first-order valence-corrected chi connectivity index (χ1v) is 7.01. The lowest BCUT2D eigenvalue weighted by molar-refractivity contribution is 0.0981. The molecule has 0 aromatic heterocycles. The standard InChI is InChI=1S/C18H20O2/c1-3-7-17(19)16-10-11-18(14(2)12-16)20-13-15-8-5-4-6-9-15/h4-6,8-12H,3,7,13H2,1-2H3. The lowest BCUT2D eigenvalue weighted by atomic mass is 10.0. The van der Waals surface area contributed by atoms with Crippen LogP contribution >= 0.6 is 0 Å². The van der Waals surface area contributed by atoms with Crippen molar-refractivity contribution in [3.63, 3.8) is 0 Å². The van der Waals surface area contributed by atoms with Gasteiger partial charge in [-0.2, -0.15) is 0 Å². The summed E-state index contributed by atoms with van der Waals surface area (Å²) in [5.41, 5.74) is 2.91. The van der Waals surface area contributed by atoms with Gasteiger partial charge in [-0.1, -0.05) is 37.3 Å². The average Bonchev–Trinajstić information content (AvgIpc) is 2.47. The van der Waals surface area contributed by atoms with Crippen LogP contribution in [0, 0.1) is 6.92 Å². The van der Waals surface area contributed by atoms with Gasteiger partial charge in [-0.25, -0.2) is 0 Å².